The molecule has 0 aliphatic carbocycles. The summed E-state index contributed by atoms with van der Waals surface area (Å²) < 4.78 is 5.42. The molecule has 22 heavy (non-hydrogen) atoms. The molecule has 2 rings (SSSR count). The molecule has 0 aromatic heterocycles. The molecule has 2 N–H and O–H groups in total. The van der Waals surface area contributed by atoms with E-state index in [4.69, 9.17) is 4.74 Å². The van der Waals surface area contributed by atoms with E-state index in [1.54, 1.807) is 36.4 Å². The van der Waals surface area contributed by atoms with Crippen LogP contribution in [-0.4, -0.2) is 22.8 Å². The third-order valence-corrected chi connectivity index (χ3v) is 3.21. The predicted molar refractivity (Wildman–Crippen MR) is 86.0 cm³/mol. The Hall–Kier alpha value is -2.75. The number of carboxylic acid groups (broad SMARTS) is 1. The lowest BCUT2D eigenvalue weighted by Crippen LogP contribution is -2.02. The summed E-state index contributed by atoms with van der Waals surface area (Å²) >= 11 is 0. The fourth-order valence-electron chi connectivity index (χ4n) is 2.23. The molecule has 4 heteroatoms. The first kappa shape index (κ1) is 15.6. The van der Waals surface area contributed by atoms with Crippen LogP contribution in [0, 0.1) is 6.92 Å². The van der Waals surface area contributed by atoms with Crippen LogP contribution in [0.5, 0.6) is 11.5 Å². The van der Waals surface area contributed by atoms with Gasteiger partial charge in [-0.1, -0.05) is 18.2 Å². The highest BCUT2D eigenvalue weighted by Crippen LogP contribution is 2.26. The van der Waals surface area contributed by atoms with Crippen molar-refractivity contribution in [2.24, 2.45) is 0 Å². The molecule has 0 unspecified atom stereocenters. The van der Waals surface area contributed by atoms with Crippen LogP contribution in [0.25, 0.3) is 11.6 Å². The van der Waals surface area contributed by atoms with Crippen molar-refractivity contribution in [3.63, 3.8) is 0 Å². The number of phenolic OH excluding ortho intramolecular Hbond substituents is 1. The summed E-state index contributed by atoms with van der Waals surface area (Å²) in [4.78, 5) is 11.6. The number of carbonyl (C=O) groups is 1. The molecule has 0 aliphatic rings. The highest BCUT2D eigenvalue weighted by molar-refractivity contribution is 6.21. The average molecular weight is 298 g/mol. The fourth-order valence-corrected chi connectivity index (χ4v) is 2.23. The average Bonchev–Trinajstić information content (AvgIpc) is 2.46. The van der Waals surface area contributed by atoms with Gasteiger partial charge in [-0.3, -0.25) is 0 Å². The monoisotopic (exact) mass is 298 g/mol. The normalized spacial score (nSPS) is 11.3. The second-order valence-electron chi connectivity index (χ2n) is 4.87. The van der Waals surface area contributed by atoms with Gasteiger partial charge in [0.15, 0.2) is 0 Å². The van der Waals surface area contributed by atoms with E-state index in [9.17, 15) is 15.0 Å². The van der Waals surface area contributed by atoms with Gasteiger partial charge >= 0.3 is 5.97 Å². The molecule has 2 aromatic carbocycles. The van der Waals surface area contributed by atoms with Crippen LogP contribution in [0.15, 0.2) is 42.5 Å². The van der Waals surface area contributed by atoms with Gasteiger partial charge in [-0.05, 0) is 60.9 Å². The summed E-state index contributed by atoms with van der Waals surface area (Å²) in [7, 11) is 0. The van der Waals surface area contributed by atoms with E-state index in [1.165, 1.54) is 6.07 Å². The van der Waals surface area contributed by atoms with Crippen molar-refractivity contribution in [1.82, 2.24) is 0 Å². The zero-order chi connectivity index (χ0) is 16.1. The lowest BCUT2D eigenvalue weighted by Gasteiger charge is -2.10. The fraction of sp³-hybridized carbons (Fsp3) is 0.167. The smallest absolute Gasteiger partial charge is 0.336 e. The lowest BCUT2D eigenvalue weighted by molar-refractivity contribution is -0.130. The van der Waals surface area contributed by atoms with E-state index in [2.05, 4.69) is 0 Å². The molecule has 0 saturated carbocycles. The van der Waals surface area contributed by atoms with Crippen molar-refractivity contribution in [2.45, 2.75) is 13.8 Å². The van der Waals surface area contributed by atoms with E-state index in [-0.39, 0.29) is 11.3 Å². The molecule has 0 fully saturated rings. The Morgan fingerprint density at radius 3 is 2.59 bits per heavy atom. The quantitative estimate of drug-likeness (QED) is 0.652. The molecular weight excluding hydrogens is 280 g/mol. The summed E-state index contributed by atoms with van der Waals surface area (Å²) in [5.74, 6) is -0.205. The van der Waals surface area contributed by atoms with Gasteiger partial charge in [0.05, 0.1) is 12.2 Å². The van der Waals surface area contributed by atoms with Crippen LogP contribution in [0.2, 0.25) is 0 Å². The van der Waals surface area contributed by atoms with Crippen LogP contribution < -0.4 is 4.74 Å². The Bertz CT molecular complexity index is 717. The SMILES string of the molecule is CCOc1ccc(/C(=C/c2cccc(O)c2)C(=O)O)c(C)c1. The first-order valence-electron chi connectivity index (χ1n) is 6.99. The van der Waals surface area contributed by atoms with Crippen LogP contribution in [-0.2, 0) is 4.79 Å². The van der Waals surface area contributed by atoms with Gasteiger partial charge in [-0.2, -0.15) is 0 Å². The van der Waals surface area contributed by atoms with Crippen LogP contribution >= 0.6 is 0 Å². The molecule has 2 aromatic rings. The maximum absolute atomic E-state index is 11.6. The molecular formula is C18H18O4. The molecule has 0 radical (unpaired) electrons. The highest BCUT2D eigenvalue weighted by atomic mass is 16.5. The zero-order valence-electron chi connectivity index (χ0n) is 12.5. The summed E-state index contributed by atoms with van der Waals surface area (Å²) in [6.45, 7) is 4.30. The molecule has 0 saturated heterocycles. The van der Waals surface area contributed by atoms with Crippen molar-refractivity contribution in [2.75, 3.05) is 6.61 Å². The van der Waals surface area contributed by atoms with Crippen LogP contribution in [0.4, 0.5) is 0 Å². The number of hydrogen-bond donors (Lipinski definition) is 2. The maximum atomic E-state index is 11.6. The minimum Gasteiger partial charge on any atom is -0.508 e. The molecule has 0 aliphatic heterocycles. The third-order valence-electron chi connectivity index (χ3n) is 3.21. The van der Waals surface area contributed by atoms with Gasteiger partial charge in [-0.25, -0.2) is 4.79 Å². The Balaban J connectivity index is 2.46. The summed E-state index contributed by atoms with van der Waals surface area (Å²) in [5, 5.41) is 19.0. The second kappa shape index (κ2) is 6.80. The number of aryl methyl sites for hydroxylation is 1. The largest absolute Gasteiger partial charge is 0.508 e. The maximum Gasteiger partial charge on any atom is 0.336 e. The first-order chi connectivity index (χ1) is 10.5. The Kier molecular flexibility index (Phi) is 4.84. The van der Waals surface area contributed by atoms with Gasteiger partial charge in [0, 0.05) is 0 Å². The Morgan fingerprint density at radius 1 is 1.23 bits per heavy atom. The number of rotatable bonds is 5. The molecule has 0 heterocycles. The zero-order valence-corrected chi connectivity index (χ0v) is 12.5. The Morgan fingerprint density at radius 2 is 2.00 bits per heavy atom. The van der Waals surface area contributed by atoms with Crippen LogP contribution in [0.1, 0.15) is 23.6 Å². The molecule has 0 atom stereocenters. The standard InChI is InChI=1S/C18H18O4/c1-3-22-15-7-8-16(12(2)9-15)17(18(20)21)11-13-5-4-6-14(19)10-13/h4-11,19H,3H2,1-2H3,(H,20,21)/b17-11-. The third kappa shape index (κ3) is 3.67. The topological polar surface area (TPSA) is 66.8 Å². The van der Waals surface area contributed by atoms with Gasteiger partial charge in [0.2, 0.25) is 0 Å². The lowest BCUT2D eigenvalue weighted by atomic mass is 9.98. The number of benzene rings is 2. The molecule has 114 valence electrons. The number of hydrogen-bond acceptors (Lipinski definition) is 3. The highest BCUT2D eigenvalue weighted by Gasteiger charge is 2.13. The van der Waals surface area contributed by atoms with Crippen LogP contribution in [0.3, 0.4) is 0 Å². The van der Waals surface area contributed by atoms with E-state index < -0.39 is 5.97 Å². The number of ether oxygens (including phenoxy) is 1. The van der Waals surface area contributed by atoms with Crippen molar-refractivity contribution in [3.8, 4) is 11.5 Å². The molecule has 0 amide bonds. The van der Waals surface area contributed by atoms with Gasteiger partial charge < -0.3 is 14.9 Å². The molecule has 0 spiro atoms. The predicted octanol–water partition coefficient (Wildman–Crippen LogP) is 3.72. The van der Waals surface area contributed by atoms with E-state index in [0.29, 0.717) is 23.5 Å². The first-order valence-corrected chi connectivity index (χ1v) is 6.99. The summed E-state index contributed by atoms with van der Waals surface area (Å²) in [5.41, 5.74) is 2.25. The number of aromatic hydroxyl groups is 1. The molecule has 0 bridgehead atoms. The Labute approximate surface area is 129 Å². The van der Waals surface area contributed by atoms with Crippen molar-refractivity contribution in [1.29, 1.82) is 0 Å². The van der Waals surface area contributed by atoms with Crippen molar-refractivity contribution in [3.05, 3.63) is 59.2 Å². The van der Waals surface area contributed by atoms with Crippen molar-refractivity contribution >= 4 is 17.6 Å². The number of aliphatic carboxylic acids is 1. The van der Waals surface area contributed by atoms with E-state index in [0.717, 1.165) is 5.56 Å². The van der Waals surface area contributed by atoms with Gasteiger partial charge in [0.1, 0.15) is 11.5 Å². The second-order valence-corrected chi connectivity index (χ2v) is 4.87. The molecule has 4 nitrogen and oxygen atoms in total. The minimum absolute atomic E-state index is 0.0990. The summed E-state index contributed by atoms with van der Waals surface area (Å²) in [6, 6.07) is 11.8. The van der Waals surface area contributed by atoms with Gasteiger partial charge in [-0.15, -0.1) is 0 Å². The van der Waals surface area contributed by atoms with Gasteiger partial charge in [0.25, 0.3) is 0 Å². The van der Waals surface area contributed by atoms with E-state index >= 15 is 0 Å². The minimum atomic E-state index is -1.02. The summed E-state index contributed by atoms with van der Waals surface area (Å²) in [6.07, 6.45) is 1.55. The number of carboxylic acids is 1. The van der Waals surface area contributed by atoms with Crippen molar-refractivity contribution < 1.29 is 19.7 Å². The van der Waals surface area contributed by atoms with E-state index in [1.807, 2.05) is 19.9 Å². The number of phenols is 1.